The maximum Gasteiger partial charge on any atom is 0.338 e. The molecule has 0 heterocycles. The number of methoxy groups -OCH3 is 1. The Hall–Kier alpha value is -2.03. The fraction of sp³-hybridized carbons (Fsp3) is 0.154. The molecule has 0 fully saturated rings. The molecule has 0 radical (unpaired) electrons. The van der Waals surface area contributed by atoms with Gasteiger partial charge in [0.05, 0.1) is 12.7 Å². The van der Waals surface area contributed by atoms with Crippen molar-refractivity contribution in [3.05, 3.63) is 41.5 Å². The van der Waals surface area contributed by atoms with Gasteiger partial charge in [0.25, 0.3) is 0 Å². The predicted molar refractivity (Wildman–Crippen MR) is 64.4 cm³/mol. The molecule has 0 aromatic heterocycles. The number of carbonyl (C=O) groups is 1. The first kappa shape index (κ1) is 10.5. The number of hydrogen-bond donors (Lipinski definition) is 1. The topological polar surface area (TPSA) is 52.3 Å². The summed E-state index contributed by atoms with van der Waals surface area (Å²) in [6, 6.07) is 9.26. The van der Waals surface area contributed by atoms with E-state index in [2.05, 4.69) is 0 Å². The highest BCUT2D eigenvalue weighted by Gasteiger charge is 2.11. The van der Waals surface area contributed by atoms with E-state index in [1.54, 1.807) is 12.1 Å². The molecule has 0 unspecified atom stereocenters. The molecule has 2 N–H and O–H groups in total. The van der Waals surface area contributed by atoms with Crippen molar-refractivity contribution in [2.75, 3.05) is 12.8 Å². The smallest absolute Gasteiger partial charge is 0.338 e. The SMILES string of the molecule is COC(=O)c1ccc(N)c2ccc(C)cc12. The highest BCUT2D eigenvalue weighted by molar-refractivity contribution is 6.08. The van der Waals surface area contributed by atoms with Crippen molar-refractivity contribution >= 4 is 22.4 Å². The maximum atomic E-state index is 11.6. The molecule has 0 saturated carbocycles. The van der Waals surface area contributed by atoms with Gasteiger partial charge in [-0.1, -0.05) is 23.8 Å². The number of aryl methyl sites for hydroxylation is 1. The summed E-state index contributed by atoms with van der Waals surface area (Å²) in [6.45, 7) is 1.98. The number of nitrogen functional groups attached to an aromatic ring is 1. The van der Waals surface area contributed by atoms with E-state index in [1.807, 2.05) is 25.1 Å². The number of esters is 1. The Morgan fingerprint density at radius 2 is 1.94 bits per heavy atom. The number of hydrogen-bond acceptors (Lipinski definition) is 3. The minimum atomic E-state index is -0.337. The minimum Gasteiger partial charge on any atom is -0.465 e. The van der Waals surface area contributed by atoms with Gasteiger partial charge in [0.1, 0.15) is 0 Å². The summed E-state index contributed by atoms with van der Waals surface area (Å²) in [5, 5.41) is 1.72. The third-order valence-electron chi connectivity index (χ3n) is 2.61. The Bertz CT molecular complexity index is 561. The van der Waals surface area contributed by atoms with Crippen molar-refractivity contribution in [2.45, 2.75) is 6.92 Å². The zero-order valence-corrected chi connectivity index (χ0v) is 9.28. The Morgan fingerprint density at radius 3 is 2.62 bits per heavy atom. The largest absolute Gasteiger partial charge is 0.465 e. The molecule has 16 heavy (non-hydrogen) atoms. The fourth-order valence-corrected chi connectivity index (χ4v) is 1.77. The van der Waals surface area contributed by atoms with Gasteiger partial charge in [0, 0.05) is 11.1 Å². The third kappa shape index (κ3) is 1.60. The maximum absolute atomic E-state index is 11.6. The molecule has 0 amide bonds. The van der Waals surface area contributed by atoms with Crippen LogP contribution >= 0.6 is 0 Å². The van der Waals surface area contributed by atoms with Gasteiger partial charge in [0.15, 0.2) is 0 Å². The first-order chi connectivity index (χ1) is 7.63. The van der Waals surface area contributed by atoms with Crippen LogP contribution in [0.5, 0.6) is 0 Å². The van der Waals surface area contributed by atoms with E-state index in [1.165, 1.54) is 7.11 Å². The van der Waals surface area contributed by atoms with Crippen LogP contribution < -0.4 is 5.73 Å². The molecule has 0 aliphatic carbocycles. The second kappa shape index (κ2) is 3.85. The van der Waals surface area contributed by atoms with Crippen molar-refractivity contribution in [1.29, 1.82) is 0 Å². The van der Waals surface area contributed by atoms with Crippen molar-refractivity contribution < 1.29 is 9.53 Å². The van der Waals surface area contributed by atoms with E-state index >= 15 is 0 Å². The van der Waals surface area contributed by atoms with Gasteiger partial charge in [0.2, 0.25) is 0 Å². The third-order valence-corrected chi connectivity index (χ3v) is 2.61. The molecular weight excluding hydrogens is 202 g/mol. The molecule has 2 rings (SSSR count). The standard InChI is InChI=1S/C13H13NO2/c1-8-3-4-9-11(7-8)10(13(15)16-2)5-6-12(9)14/h3-7H,14H2,1-2H3. The summed E-state index contributed by atoms with van der Waals surface area (Å²) < 4.78 is 4.74. The van der Waals surface area contributed by atoms with Gasteiger partial charge in [-0.3, -0.25) is 0 Å². The van der Waals surface area contributed by atoms with Crippen LogP contribution in [0.15, 0.2) is 30.3 Å². The predicted octanol–water partition coefficient (Wildman–Crippen LogP) is 2.52. The normalized spacial score (nSPS) is 10.4. The molecule has 0 saturated heterocycles. The second-order valence-electron chi connectivity index (χ2n) is 3.74. The van der Waals surface area contributed by atoms with Crippen molar-refractivity contribution in [3.63, 3.8) is 0 Å². The summed E-state index contributed by atoms with van der Waals surface area (Å²) in [7, 11) is 1.38. The van der Waals surface area contributed by atoms with E-state index in [0.29, 0.717) is 11.3 Å². The van der Waals surface area contributed by atoms with E-state index in [4.69, 9.17) is 10.5 Å². The number of rotatable bonds is 1. The molecule has 0 aliphatic rings. The Kier molecular flexibility index (Phi) is 2.52. The lowest BCUT2D eigenvalue weighted by Crippen LogP contribution is -2.03. The zero-order chi connectivity index (χ0) is 11.7. The molecule has 0 atom stereocenters. The lowest BCUT2D eigenvalue weighted by Gasteiger charge is -2.08. The van der Waals surface area contributed by atoms with Crippen LogP contribution in [0.2, 0.25) is 0 Å². The van der Waals surface area contributed by atoms with Crippen LogP contribution in [0.4, 0.5) is 5.69 Å². The summed E-state index contributed by atoms with van der Waals surface area (Å²) in [6.07, 6.45) is 0. The highest BCUT2D eigenvalue weighted by atomic mass is 16.5. The number of fused-ring (bicyclic) bond motifs is 1. The molecule has 0 aliphatic heterocycles. The molecule has 3 heteroatoms. The van der Waals surface area contributed by atoms with Gasteiger partial charge in [-0.2, -0.15) is 0 Å². The molecular formula is C13H13NO2. The quantitative estimate of drug-likeness (QED) is 0.587. The van der Waals surface area contributed by atoms with Crippen molar-refractivity contribution in [2.24, 2.45) is 0 Å². The Labute approximate surface area is 93.8 Å². The fourth-order valence-electron chi connectivity index (χ4n) is 1.77. The van der Waals surface area contributed by atoms with E-state index < -0.39 is 0 Å². The van der Waals surface area contributed by atoms with Gasteiger partial charge in [-0.25, -0.2) is 4.79 Å². The van der Waals surface area contributed by atoms with Crippen LogP contribution in [-0.4, -0.2) is 13.1 Å². The number of carbonyl (C=O) groups excluding carboxylic acids is 1. The van der Waals surface area contributed by atoms with Gasteiger partial charge in [-0.15, -0.1) is 0 Å². The molecule has 0 bridgehead atoms. The van der Waals surface area contributed by atoms with Crippen molar-refractivity contribution in [3.8, 4) is 0 Å². The van der Waals surface area contributed by atoms with Crippen molar-refractivity contribution in [1.82, 2.24) is 0 Å². The highest BCUT2D eigenvalue weighted by Crippen LogP contribution is 2.26. The van der Waals surface area contributed by atoms with E-state index in [9.17, 15) is 4.79 Å². The van der Waals surface area contributed by atoms with Gasteiger partial charge >= 0.3 is 5.97 Å². The average Bonchev–Trinajstić information content (AvgIpc) is 2.28. The summed E-state index contributed by atoms with van der Waals surface area (Å²) in [5.41, 5.74) is 8.17. The minimum absolute atomic E-state index is 0.337. The number of nitrogens with two attached hydrogens (primary N) is 1. The average molecular weight is 215 g/mol. The van der Waals surface area contributed by atoms with Gasteiger partial charge in [-0.05, 0) is 24.4 Å². The lowest BCUT2D eigenvalue weighted by molar-refractivity contribution is 0.0603. The number of benzene rings is 2. The molecule has 0 spiro atoms. The van der Waals surface area contributed by atoms with Crippen LogP contribution in [0.3, 0.4) is 0 Å². The summed E-state index contributed by atoms with van der Waals surface area (Å²) in [5.74, 6) is -0.337. The number of ether oxygens (including phenoxy) is 1. The van der Waals surface area contributed by atoms with E-state index in [-0.39, 0.29) is 5.97 Å². The lowest BCUT2D eigenvalue weighted by atomic mass is 10.0. The Balaban J connectivity index is 2.80. The second-order valence-corrected chi connectivity index (χ2v) is 3.74. The van der Waals surface area contributed by atoms with Crippen LogP contribution in [0, 0.1) is 6.92 Å². The molecule has 2 aromatic carbocycles. The number of anilines is 1. The Morgan fingerprint density at radius 1 is 1.19 bits per heavy atom. The summed E-state index contributed by atoms with van der Waals surface area (Å²) in [4.78, 5) is 11.6. The van der Waals surface area contributed by atoms with E-state index in [0.717, 1.165) is 16.3 Å². The molecule has 2 aromatic rings. The molecule has 82 valence electrons. The molecule has 3 nitrogen and oxygen atoms in total. The first-order valence-corrected chi connectivity index (χ1v) is 5.00. The zero-order valence-electron chi connectivity index (χ0n) is 9.28. The monoisotopic (exact) mass is 215 g/mol. The first-order valence-electron chi connectivity index (χ1n) is 5.00. The van der Waals surface area contributed by atoms with Crippen LogP contribution in [0.1, 0.15) is 15.9 Å². The van der Waals surface area contributed by atoms with Crippen LogP contribution in [0.25, 0.3) is 10.8 Å². The van der Waals surface area contributed by atoms with Crippen LogP contribution in [-0.2, 0) is 4.74 Å². The summed E-state index contributed by atoms with van der Waals surface area (Å²) >= 11 is 0. The van der Waals surface area contributed by atoms with Gasteiger partial charge < -0.3 is 10.5 Å².